The molecule has 9 heteroatoms. The van der Waals surface area contributed by atoms with Gasteiger partial charge in [-0.15, -0.1) is 11.3 Å². The smallest absolute Gasteiger partial charge is 0.271 e. The van der Waals surface area contributed by atoms with Crippen LogP contribution in [0, 0.1) is 0 Å². The Morgan fingerprint density at radius 2 is 1.88 bits per heavy atom. The fraction of sp³-hybridized carbons (Fsp3) is 0.0800. The summed E-state index contributed by atoms with van der Waals surface area (Å²) in [5.74, 6) is -0.294. The summed E-state index contributed by atoms with van der Waals surface area (Å²) < 4.78 is 2.05. The molecule has 170 valence electrons. The van der Waals surface area contributed by atoms with Crippen LogP contribution in [0.3, 0.4) is 0 Å². The molecule has 0 bridgehead atoms. The van der Waals surface area contributed by atoms with Crippen molar-refractivity contribution < 1.29 is 4.79 Å². The van der Waals surface area contributed by atoms with E-state index >= 15 is 0 Å². The molecule has 4 aromatic rings. The highest BCUT2D eigenvalue weighted by atomic mass is 35.5. The Kier molecular flexibility index (Phi) is 6.27. The average Bonchev–Trinajstić information content (AvgIpc) is 3.45. The fourth-order valence-corrected chi connectivity index (χ4v) is 6.04. The van der Waals surface area contributed by atoms with Crippen molar-refractivity contribution >= 4 is 63.5 Å². The van der Waals surface area contributed by atoms with Gasteiger partial charge in [0.15, 0.2) is 4.80 Å². The molecule has 0 aliphatic carbocycles. The Morgan fingerprint density at radius 3 is 2.62 bits per heavy atom. The monoisotopic (exact) mass is 525 g/mol. The molecule has 0 unspecified atom stereocenters. The van der Waals surface area contributed by atoms with Crippen LogP contribution in [0.1, 0.15) is 23.4 Å². The van der Waals surface area contributed by atoms with Gasteiger partial charge >= 0.3 is 0 Å². The normalized spacial score (nSPS) is 15.7. The molecule has 1 aliphatic heterocycles. The summed E-state index contributed by atoms with van der Waals surface area (Å²) in [6.45, 7) is 1.80. The van der Waals surface area contributed by atoms with E-state index in [0.717, 1.165) is 4.88 Å². The highest BCUT2D eigenvalue weighted by molar-refractivity contribution is 7.10. The van der Waals surface area contributed by atoms with Crippen molar-refractivity contribution in [2.45, 2.75) is 13.0 Å². The van der Waals surface area contributed by atoms with Crippen LogP contribution >= 0.6 is 45.9 Å². The molecule has 0 spiro atoms. The third-order valence-electron chi connectivity index (χ3n) is 5.38. The maximum Gasteiger partial charge on any atom is 0.271 e. The molecule has 5 nitrogen and oxygen atoms in total. The quantitative estimate of drug-likeness (QED) is 0.395. The molecule has 0 fully saturated rings. The van der Waals surface area contributed by atoms with Gasteiger partial charge in [-0.1, -0.05) is 70.9 Å². The predicted molar refractivity (Wildman–Crippen MR) is 140 cm³/mol. The lowest BCUT2D eigenvalue weighted by molar-refractivity contribution is -0.113. The Hall–Kier alpha value is -2.97. The summed E-state index contributed by atoms with van der Waals surface area (Å²) in [6.07, 6.45) is 1.71. The SMILES string of the molecule is CC1=C(C(=O)Nc2ccccc2)[C@H](c2cccs2)n2c(s/c(=C\c3cccc(Cl)c3Cl)c2=O)=N1. The third kappa shape index (κ3) is 4.16. The maximum atomic E-state index is 13.6. The Balaban J connectivity index is 1.67. The second-order valence-electron chi connectivity index (χ2n) is 7.56. The number of carbonyl (C=O) groups is 1. The predicted octanol–water partition coefficient (Wildman–Crippen LogP) is 5.24. The van der Waals surface area contributed by atoms with Crippen molar-refractivity contribution in [1.82, 2.24) is 4.57 Å². The summed E-state index contributed by atoms with van der Waals surface area (Å²) in [5, 5.41) is 5.66. The number of carbonyl (C=O) groups excluding carboxylic acids is 1. The summed E-state index contributed by atoms with van der Waals surface area (Å²) in [6, 6.07) is 17.7. The molecule has 0 saturated heterocycles. The van der Waals surface area contributed by atoms with Gasteiger partial charge in [0.1, 0.15) is 6.04 Å². The molecule has 1 atom stereocenters. The molecule has 0 saturated carbocycles. The number of anilines is 1. The summed E-state index contributed by atoms with van der Waals surface area (Å²) in [7, 11) is 0. The molecular weight excluding hydrogens is 509 g/mol. The van der Waals surface area contributed by atoms with Crippen molar-refractivity contribution in [3.63, 3.8) is 0 Å². The number of nitrogens with one attached hydrogen (secondary N) is 1. The summed E-state index contributed by atoms with van der Waals surface area (Å²) >= 11 is 15.2. The first-order valence-corrected chi connectivity index (χ1v) is 12.8. The largest absolute Gasteiger partial charge is 0.322 e. The number of thiazole rings is 1. The zero-order valence-electron chi connectivity index (χ0n) is 17.8. The third-order valence-corrected chi connectivity index (χ3v) is 8.12. The van der Waals surface area contributed by atoms with Gasteiger partial charge in [0.2, 0.25) is 0 Å². The van der Waals surface area contributed by atoms with E-state index in [1.54, 1.807) is 35.8 Å². The van der Waals surface area contributed by atoms with Crippen LogP contribution in [-0.2, 0) is 4.79 Å². The lowest BCUT2D eigenvalue weighted by Crippen LogP contribution is -2.40. The number of hydrogen-bond donors (Lipinski definition) is 1. The van der Waals surface area contributed by atoms with Crippen LogP contribution in [0.15, 0.2) is 87.1 Å². The zero-order chi connectivity index (χ0) is 23.8. The van der Waals surface area contributed by atoms with Gasteiger partial charge in [0.25, 0.3) is 11.5 Å². The Bertz CT molecular complexity index is 1600. The fourth-order valence-electron chi connectivity index (χ4n) is 3.82. The lowest BCUT2D eigenvalue weighted by atomic mass is 10.0. The van der Waals surface area contributed by atoms with Crippen LogP contribution in [0.5, 0.6) is 0 Å². The lowest BCUT2D eigenvalue weighted by Gasteiger charge is -2.24. The summed E-state index contributed by atoms with van der Waals surface area (Å²) in [5.41, 5.74) is 2.08. The van der Waals surface area contributed by atoms with Gasteiger partial charge < -0.3 is 5.32 Å². The number of rotatable bonds is 4. The van der Waals surface area contributed by atoms with Gasteiger partial charge in [-0.3, -0.25) is 14.2 Å². The number of halogens is 2. The average molecular weight is 526 g/mol. The standard InChI is InChI=1S/C25H17Cl2N3O2S2/c1-14-20(23(31)29-16-8-3-2-4-9-16)22(18-11-6-12-33-18)30-24(32)19(34-25(30)28-14)13-15-7-5-10-17(26)21(15)27/h2-13,22H,1H3,(H,29,31)/b19-13-/t22-/m0/s1. The second kappa shape index (κ2) is 9.35. The number of allylic oxidation sites excluding steroid dienone is 1. The number of thiophene rings is 1. The van der Waals surface area contributed by atoms with E-state index in [1.807, 2.05) is 47.8 Å². The van der Waals surface area contributed by atoms with E-state index in [9.17, 15) is 9.59 Å². The van der Waals surface area contributed by atoms with E-state index in [-0.39, 0.29) is 11.5 Å². The van der Waals surface area contributed by atoms with Crippen LogP contribution in [0.4, 0.5) is 5.69 Å². The molecule has 2 aromatic heterocycles. The highest BCUT2D eigenvalue weighted by Gasteiger charge is 2.33. The number of para-hydroxylation sites is 1. The first-order valence-electron chi connectivity index (χ1n) is 10.3. The number of amides is 1. The molecule has 2 aromatic carbocycles. The number of aromatic nitrogens is 1. The molecule has 0 radical (unpaired) electrons. The number of nitrogens with zero attached hydrogens (tertiary/aromatic N) is 2. The second-order valence-corrected chi connectivity index (χ2v) is 10.3. The van der Waals surface area contributed by atoms with E-state index < -0.39 is 6.04 Å². The van der Waals surface area contributed by atoms with Gasteiger partial charge in [0, 0.05) is 10.6 Å². The van der Waals surface area contributed by atoms with Crippen molar-refractivity contribution in [2.75, 3.05) is 5.32 Å². The van der Waals surface area contributed by atoms with Crippen molar-refractivity contribution in [3.8, 4) is 0 Å². The van der Waals surface area contributed by atoms with Gasteiger partial charge in [-0.2, -0.15) is 0 Å². The Morgan fingerprint density at radius 1 is 1.09 bits per heavy atom. The van der Waals surface area contributed by atoms with Crippen molar-refractivity contribution in [2.24, 2.45) is 4.99 Å². The minimum absolute atomic E-state index is 0.240. The van der Waals surface area contributed by atoms with Crippen molar-refractivity contribution in [3.05, 3.63) is 117 Å². The molecule has 3 heterocycles. The molecule has 1 aliphatic rings. The minimum Gasteiger partial charge on any atom is -0.322 e. The van der Waals surface area contributed by atoms with E-state index in [0.29, 0.717) is 41.9 Å². The Labute approximate surface area is 212 Å². The molecular formula is C25H17Cl2N3O2S2. The first-order chi connectivity index (χ1) is 16.4. The minimum atomic E-state index is -0.586. The maximum absolute atomic E-state index is 13.6. The molecule has 5 rings (SSSR count). The first kappa shape index (κ1) is 22.8. The summed E-state index contributed by atoms with van der Waals surface area (Å²) in [4.78, 5) is 33.1. The van der Waals surface area contributed by atoms with Crippen LogP contribution < -0.4 is 20.2 Å². The van der Waals surface area contributed by atoms with Crippen LogP contribution in [-0.4, -0.2) is 10.5 Å². The molecule has 1 N–H and O–H groups in total. The van der Waals surface area contributed by atoms with Gasteiger partial charge in [0.05, 0.1) is 25.8 Å². The van der Waals surface area contributed by atoms with Gasteiger partial charge in [-0.05, 0) is 48.2 Å². The van der Waals surface area contributed by atoms with Crippen LogP contribution in [0.2, 0.25) is 10.0 Å². The number of benzene rings is 2. The molecule has 1 amide bonds. The van der Waals surface area contributed by atoms with E-state index in [1.165, 1.54) is 22.7 Å². The topological polar surface area (TPSA) is 63.5 Å². The van der Waals surface area contributed by atoms with Crippen molar-refractivity contribution in [1.29, 1.82) is 0 Å². The van der Waals surface area contributed by atoms with E-state index in [2.05, 4.69) is 10.3 Å². The van der Waals surface area contributed by atoms with Crippen LogP contribution in [0.25, 0.3) is 6.08 Å². The van der Waals surface area contributed by atoms with E-state index in [4.69, 9.17) is 23.2 Å². The van der Waals surface area contributed by atoms with Gasteiger partial charge in [-0.25, -0.2) is 4.99 Å². The number of fused-ring (bicyclic) bond motifs is 1. The number of hydrogen-bond acceptors (Lipinski definition) is 5. The highest BCUT2D eigenvalue weighted by Crippen LogP contribution is 2.33. The zero-order valence-corrected chi connectivity index (χ0v) is 20.9. The molecule has 34 heavy (non-hydrogen) atoms.